The summed E-state index contributed by atoms with van der Waals surface area (Å²) in [6.45, 7) is 2.50. The Bertz CT molecular complexity index is 822. The van der Waals surface area contributed by atoms with E-state index < -0.39 is 4.83 Å². The lowest BCUT2D eigenvalue weighted by molar-refractivity contribution is -0.0170. The van der Waals surface area contributed by atoms with E-state index in [4.69, 9.17) is 9.47 Å². The fourth-order valence-corrected chi connectivity index (χ4v) is 4.34. The molecule has 1 aliphatic heterocycles. The van der Waals surface area contributed by atoms with E-state index in [0.29, 0.717) is 6.61 Å². The van der Waals surface area contributed by atoms with Crippen LogP contribution in [0.1, 0.15) is 31.9 Å². The van der Waals surface area contributed by atoms with Crippen molar-refractivity contribution in [1.29, 1.82) is 0 Å². The van der Waals surface area contributed by atoms with Crippen molar-refractivity contribution in [1.82, 2.24) is 0 Å². The first kappa shape index (κ1) is 18.9. The molecular formula is C18H15Br3O4. The van der Waals surface area contributed by atoms with E-state index in [0.717, 1.165) is 26.9 Å². The predicted molar refractivity (Wildman–Crippen MR) is 106 cm³/mol. The Morgan fingerprint density at radius 2 is 2.00 bits per heavy atom. The maximum Gasteiger partial charge on any atom is 0.189 e. The lowest BCUT2D eigenvalue weighted by Crippen LogP contribution is -2.21. The van der Waals surface area contributed by atoms with E-state index in [-0.39, 0.29) is 28.7 Å². The summed E-state index contributed by atoms with van der Waals surface area (Å²) in [6.07, 6.45) is 0. The van der Waals surface area contributed by atoms with Crippen molar-refractivity contribution >= 4 is 53.6 Å². The number of aromatic hydroxyl groups is 1. The number of ether oxygens (including phenoxy) is 2. The van der Waals surface area contributed by atoms with Gasteiger partial charge in [0.25, 0.3) is 0 Å². The SMILES string of the molecule is Cc1ccc(C(=O)[C@@H](Br)[C@@H](Br)c2cc(Br)cc3c2OCOC3)c(O)c1. The summed E-state index contributed by atoms with van der Waals surface area (Å²) in [4.78, 5) is 11.9. The van der Waals surface area contributed by atoms with Gasteiger partial charge in [0.15, 0.2) is 12.6 Å². The van der Waals surface area contributed by atoms with Gasteiger partial charge in [-0.1, -0.05) is 53.9 Å². The van der Waals surface area contributed by atoms with Crippen molar-refractivity contribution < 1.29 is 19.4 Å². The van der Waals surface area contributed by atoms with E-state index in [9.17, 15) is 9.90 Å². The number of hydrogen-bond acceptors (Lipinski definition) is 4. The molecule has 0 radical (unpaired) electrons. The van der Waals surface area contributed by atoms with Crippen LogP contribution in [-0.2, 0) is 11.3 Å². The molecule has 132 valence electrons. The molecule has 0 saturated carbocycles. The normalized spacial score (nSPS) is 15.8. The molecule has 0 aliphatic carbocycles. The Morgan fingerprint density at radius 1 is 1.24 bits per heavy atom. The van der Waals surface area contributed by atoms with Crippen LogP contribution in [0.3, 0.4) is 0 Å². The van der Waals surface area contributed by atoms with E-state index >= 15 is 0 Å². The molecule has 25 heavy (non-hydrogen) atoms. The van der Waals surface area contributed by atoms with Crippen molar-refractivity contribution in [3.8, 4) is 11.5 Å². The smallest absolute Gasteiger partial charge is 0.189 e. The topological polar surface area (TPSA) is 55.8 Å². The average molecular weight is 535 g/mol. The summed E-state index contributed by atoms with van der Waals surface area (Å²) < 4.78 is 11.9. The second-order valence-electron chi connectivity index (χ2n) is 5.78. The molecule has 1 heterocycles. The Morgan fingerprint density at radius 3 is 2.72 bits per heavy atom. The van der Waals surface area contributed by atoms with E-state index in [1.165, 1.54) is 0 Å². The van der Waals surface area contributed by atoms with Gasteiger partial charge in [-0.3, -0.25) is 4.79 Å². The van der Waals surface area contributed by atoms with Crippen LogP contribution in [0.4, 0.5) is 0 Å². The molecule has 7 heteroatoms. The van der Waals surface area contributed by atoms with Crippen LogP contribution in [0, 0.1) is 6.92 Å². The number of ketones is 1. The number of benzene rings is 2. The standard InChI is InChI=1S/C18H15Br3O4/c1-9-2-3-12(14(22)4-9)17(23)16(21)15(20)13-6-11(19)5-10-7-24-8-25-18(10)13/h2-6,15-16,22H,7-8H2,1H3/t15-,16-/m0/s1. The third kappa shape index (κ3) is 3.94. The summed E-state index contributed by atoms with van der Waals surface area (Å²) in [7, 11) is 0. The molecule has 1 aliphatic rings. The summed E-state index contributed by atoms with van der Waals surface area (Å²) >= 11 is 10.6. The first-order chi connectivity index (χ1) is 11.9. The zero-order valence-electron chi connectivity index (χ0n) is 13.3. The number of rotatable bonds is 4. The van der Waals surface area contributed by atoms with Crippen LogP contribution >= 0.6 is 47.8 Å². The third-order valence-corrected chi connectivity index (χ3v) is 7.06. The highest BCUT2D eigenvalue weighted by molar-refractivity contribution is 9.12. The number of hydrogen-bond donors (Lipinski definition) is 1. The third-order valence-electron chi connectivity index (χ3n) is 3.93. The molecule has 4 nitrogen and oxygen atoms in total. The highest BCUT2D eigenvalue weighted by Crippen LogP contribution is 2.43. The molecule has 0 bridgehead atoms. The van der Waals surface area contributed by atoms with Crippen LogP contribution in [0.5, 0.6) is 11.5 Å². The molecule has 1 N–H and O–H groups in total. The molecule has 0 spiro atoms. The maximum atomic E-state index is 12.8. The van der Waals surface area contributed by atoms with Gasteiger partial charge < -0.3 is 14.6 Å². The van der Waals surface area contributed by atoms with Gasteiger partial charge in [0.2, 0.25) is 0 Å². The van der Waals surface area contributed by atoms with E-state index in [1.807, 2.05) is 19.1 Å². The fourth-order valence-electron chi connectivity index (χ4n) is 2.70. The van der Waals surface area contributed by atoms with Gasteiger partial charge in [-0.2, -0.15) is 0 Å². The van der Waals surface area contributed by atoms with Crippen molar-refractivity contribution in [3.05, 3.63) is 57.1 Å². The molecule has 0 unspecified atom stereocenters. The van der Waals surface area contributed by atoms with E-state index in [1.54, 1.807) is 18.2 Å². The summed E-state index contributed by atoms with van der Waals surface area (Å²) in [5, 5.41) is 10.1. The van der Waals surface area contributed by atoms with Crippen molar-refractivity contribution in [2.24, 2.45) is 0 Å². The lowest BCUT2D eigenvalue weighted by Gasteiger charge is -2.25. The predicted octanol–water partition coefficient (Wildman–Crippen LogP) is 5.41. The summed E-state index contributed by atoms with van der Waals surface area (Å²) in [5.74, 6) is 0.497. The quantitative estimate of drug-likeness (QED) is 0.421. The number of Topliss-reactive ketones (excluding diaryl/α,β-unsaturated/α-hetero) is 1. The van der Waals surface area contributed by atoms with Gasteiger partial charge in [-0.15, -0.1) is 0 Å². The molecule has 3 rings (SSSR count). The first-order valence-corrected chi connectivity index (χ1v) is 10.2. The minimum Gasteiger partial charge on any atom is -0.507 e. The van der Waals surface area contributed by atoms with Crippen molar-refractivity contribution in [3.63, 3.8) is 0 Å². The highest BCUT2D eigenvalue weighted by Gasteiger charge is 2.31. The number of carbonyl (C=O) groups is 1. The average Bonchev–Trinajstić information content (AvgIpc) is 2.59. The number of aryl methyl sites for hydroxylation is 1. The zero-order chi connectivity index (χ0) is 18.1. The van der Waals surface area contributed by atoms with Crippen LogP contribution in [-0.4, -0.2) is 22.5 Å². The molecule has 2 atom stereocenters. The van der Waals surface area contributed by atoms with Crippen LogP contribution in [0.2, 0.25) is 0 Å². The Kier molecular flexibility index (Phi) is 5.88. The Balaban J connectivity index is 1.94. The molecule has 2 aromatic carbocycles. The van der Waals surface area contributed by atoms with Crippen LogP contribution in [0.25, 0.3) is 0 Å². The van der Waals surface area contributed by atoms with Crippen LogP contribution < -0.4 is 4.74 Å². The Hall–Kier alpha value is -0.890. The monoisotopic (exact) mass is 532 g/mol. The Labute approximate surface area is 170 Å². The van der Waals surface area contributed by atoms with Gasteiger partial charge in [0.1, 0.15) is 11.5 Å². The number of phenolic OH excluding ortho intramolecular Hbond substituents is 1. The second kappa shape index (κ2) is 7.78. The molecule has 0 amide bonds. The number of carbonyl (C=O) groups excluding carboxylic acids is 1. The minimum atomic E-state index is -0.578. The number of halogens is 3. The fraction of sp³-hybridized carbons (Fsp3) is 0.278. The van der Waals surface area contributed by atoms with Crippen molar-refractivity contribution in [2.75, 3.05) is 6.79 Å². The van der Waals surface area contributed by atoms with Crippen LogP contribution in [0.15, 0.2) is 34.8 Å². The number of phenols is 1. The van der Waals surface area contributed by atoms with Crippen molar-refractivity contribution in [2.45, 2.75) is 23.2 Å². The molecular weight excluding hydrogens is 520 g/mol. The number of fused-ring (bicyclic) bond motifs is 1. The van der Waals surface area contributed by atoms with E-state index in [2.05, 4.69) is 47.8 Å². The maximum absolute atomic E-state index is 12.8. The highest BCUT2D eigenvalue weighted by atomic mass is 79.9. The second-order valence-corrected chi connectivity index (χ2v) is 8.67. The van der Waals surface area contributed by atoms with Gasteiger partial charge in [-0.25, -0.2) is 0 Å². The lowest BCUT2D eigenvalue weighted by atomic mass is 9.98. The number of alkyl halides is 2. The van der Waals surface area contributed by atoms with Gasteiger partial charge >= 0.3 is 0 Å². The first-order valence-electron chi connectivity index (χ1n) is 7.53. The molecule has 2 aromatic rings. The summed E-state index contributed by atoms with van der Waals surface area (Å²) in [5.41, 5.74) is 2.94. The summed E-state index contributed by atoms with van der Waals surface area (Å²) in [6, 6.07) is 8.88. The van der Waals surface area contributed by atoms with Gasteiger partial charge in [0, 0.05) is 15.6 Å². The van der Waals surface area contributed by atoms with Gasteiger partial charge in [-0.05, 0) is 36.8 Å². The molecule has 0 aromatic heterocycles. The van der Waals surface area contributed by atoms with Gasteiger partial charge in [0.05, 0.1) is 21.8 Å². The molecule has 0 fully saturated rings. The largest absolute Gasteiger partial charge is 0.507 e. The zero-order valence-corrected chi connectivity index (χ0v) is 18.0. The molecule has 0 saturated heterocycles. The minimum absolute atomic E-state index is 0.0185.